The second kappa shape index (κ2) is 7.49. The van der Waals surface area contributed by atoms with Gasteiger partial charge in [-0.05, 0) is 27.0 Å². The molecule has 1 aromatic carbocycles. The van der Waals surface area contributed by atoms with Crippen LogP contribution in [0.25, 0.3) is 0 Å². The number of hydrogen-bond donors (Lipinski definition) is 1. The van der Waals surface area contributed by atoms with Crippen molar-refractivity contribution in [3.05, 3.63) is 17.7 Å². The van der Waals surface area contributed by atoms with Gasteiger partial charge in [0.05, 0.1) is 0 Å². The van der Waals surface area contributed by atoms with Crippen molar-refractivity contribution in [1.82, 2.24) is 4.90 Å². The number of rotatable bonds is 8. The largest absolute Gasteiger partial charge is 0.504 e. The summed E-state index contributed by atoms with van der Waals surface area (Å²) >= 11 is 0. The van der Waals surface area contributed by atoms with E-state index >= 15 is 0 Å². The molecular formula is C15H23NO5. The number of likely N-dealkylation sites (N-methyl/N-ethyl adjacent to an activating group) is 1. The van der Waals surface area contributed by atoms with E-state index in [1.807, 2.05) is 37.9 Å². The van der Waals surface area contributed by atoms with Gasteiger partial charge in [0.1, 0.15) is 0 Å². The molecule has 0 saturated carbocycles. The van der Waals surface area contributed by atoms with E-state index in [1.54, 1.807) is 0 Å². The molecule has 0 bridgehead atoms. The highest BCUT2D eigenvalue weighted by atomic mass is 16.7. The Labute approximate surface area is 125 Å². The summed E-state index contributed by atoms with van der Waals surface area (Å²) in [7, 11) is 1.95. The molecule has 6 heteroatoms. The Kier molecular flexibility index (Phi) is 5.67. The summed E-state index contributed by atoms with van der Waals surface area (Å²) in [4.78, 5) is 2.03. The van der Waals surface area contributed by atoms with E-state index in [4.69, 9.17) is 18.9 Å². The van der Waals surface area contributed by atoms with Crippen LogP contribution in [0.4, 0.5) is 0 Å². The summed E-state index contributed by atoms with van der Waals surface area (Å²) in [6, 6.07) is 3.66. The van der Waals surface area contributed by atoms with Gasteiger partial charge < -0.3 is 24.1 Å². The van der Waals surface area contributed by atoms with E-state index in [-0.39, 0.29) is 18.8 Å². The molecule has 1 aliphatic rings. The molecule has 1 aliphatic heterocycles. The third-order valence-electron chi connectivity index (χ3n) is 3.20. The van der Waals surface area contributed by atoms with Crippen molar-refractivity contribution in [3.63, 3.8) is 0 Å². The van der Waals surface area contributed by atoms with Gasteiger partial charge in [-0.3, -0.25) is 4.90 Å². The summed E-state index contributed by atoms with van der Waals surface area (Å²) in [6.07, 6.45) is -0.263. The van der Waals surface area contributed by atoms with Gasteiger partial charge in [0.2, 0.25) is 12.5 Å². The molecule has 0 amide bonds. The van der Waals surface area contributed by atoms with Crippen molar-refractivity contribution in [2.24, 2.45) is 0 Å². The van der Waals surface area contributed by atoms with Crippen LogP contribution in [0.5, 0.6) is 17.2 Å². The summed E-state index contributed by atoms with van der Waals surface area (Å²) in [5.41, 5.74) is 0.786. The normalized spacial score (nSPS) is 13.4. The monoisotopic (exact) mass is 297 g/mol. The van der Waals surface area contributed by atoms with E-state index in [9.17, 15) is 5.11 Å². The maximum absolute atomic E-state index is 10.2. The number of aromatic hydroxyl groups is 1. The van der Waals surface area contributed by atoms with Gasteiger partial charge in [-0.25, -0.2) is 0 Å². The van der Waals surface area contributed by atoms with Crippen molar-refractivity contribution in [2.45, 2.75) is 26.7 Å². The van der Waals surface area contributed by atoms with Gasteiger partial charge in [0.25, 0.3) is 0 Å². The van der Waals surface area contributed by atoms with Crippen LogP contribution >= 0.6 is 0 Å². The smallest absolute Gasteiger partial charge is 0.231 e. The lowest BCUT2D eigenvalue weighted by atomic mass is 10.1. The molecule has 0 unspecified atom stereocenters. The highest BCUT2D eigenvalue weighted by molar-refractivity contribution is 5.55. The van der Waals surface area contributed by atoms with Gasteiger partial charge in [-0.15, -0.1) is 0 Å². The summed E-state index contributed by atoms with van der Waals surface area (Å²) in [5.74, 6) is 1.15. The molecule has 21 heavy (non-hydrogen) atoms. The van der Waals surface area contributed by atoms with Gasteiger partial charge in [0, 0.05) is 31.9 Å². The van der Waals surface area contributed by atoms with Crippen molar-refractivity contribution in [2.75, 3.05) is 33.6 Å². The number of phenolic OH excluding ortho intramolecular Hbond substituents is 1. The number of phenols is 1. The van der Waals surface area contributed by atoms with E-state index in [2.05, 4.69) is 0 Å². The lowest BCUT2D eigenvalue weighted by Gasteiger charge is -2.24. The predicted octanol–water partition coefficient (Wildman–Crippen LogP) is 1.95. The highest BCUT2D eigenvalue weighted by Gasteiger charge is 2.21. The zero-order valence-electron chi connectivity index (χ0n) is 12.8. The van der Waals surface area contributed by atoms with Gasteiger partial charge in [-0.2, -0.15) is 0 Å². The van der Waals surface area contributed by atoms with Crippen LogP contribution in [0, 0.1) is 0 Å². The van der Waals surface area contributed by atoms with Crippen LogP contribution in [0.2, 0.25) is 0 Å². The molecule has 118 valence electrons. The van der Waals surface area contributed by atoms with Crippen LogP contribution in [-0.2, 0) is 16.0 Å². The van der Waals surface area contributed by atoms with Crippen molar-refractivity contribution in [1.29, 1.82) is 0 Å². The van der Waals surface area contributed by atoms with Crippen LogP contribution in [0.1, 0.15) is 19.4 Å². The Bertz CT molecular complexity index is 460. The average molecular weight is 297 g/mol. The topological polar surface area (TPSA) is 60.4 Å². The van der Waals surface area contributed by atoms with E-state index in [1.165, 1.54) is 0 Å². The van der Waals surface area contributed by atoms with Crippen molar-refractivity contribution < 1.29 is 24.1 Å². The Hall–Kier alpha value is -1.50. The standard InChI is InChI=1S/C15H23NO5/c1-4-18-13(19-5-2)9-16(3)8-11-6-7-12-15(14(11)17)21-10-20-12/h6-7,13,17H,4-5,8-10H2,1-3H3. The minimum atomic E-state index is -0.263. The number of fused-ring (bicyclic) bond motifs is 1. The molecule has 6 nitrogen and oxygen atoms in total. The Morgan fingerprint density at radius 2 is 1.95 bits per heavy atom. The fraction of sp³-hybridized carbons (Fsp3) is 0.600. The minimum absolute atomic E-state index is 0.140. The van der Waals surface area contributed by atoms with Crippen molar-refractivity contribution >= 4 is 0 Å². The average Bonchev–Trinajstić information content (AvgIpc) is 2.92. The lowest BCUT2D eigenvalue weighted by molar-refractivity contribution is -0.145. The van der Waals surface area contributed by atoms with Gasteiger partial charge >= 0.3 is 0 Å². The molecule has 0 spiro atoms. The van der Waals surface area contributed by atoms with E-state index in [0.717, 1.165) is 5.56 Å². The first-order valence-corrected chi connectivity index (χ1v) is 7.17. The summed E-state index contributed by atoms with van der Waals surface area (Å²) in [5, 5.41) is 10.2. The number of hydrogen-bond acceptors (Lipinski definition) is 6. The van der Waals surface area contributed by atoms with Gasteiger partial charge in [0.15, 0.2) is 17.8 Å². The van der Waals surface area contributed by atoms with Crippen LogP contribution < -0.4 is 9.47 Å². The first-order chi connectivity index (χ1) is 10.2. The maximum Gasteiger partial charge on any atom is 0.231 e. The first kappa shape index (κ1) is 15.9. The number of ether oxygens (including phenoxy) is 4. The molecule has 0 aliphatic carbocycles. The maximum atomic E-state index is 10.2. The zero-order valence-corrected chi connectivity index (χ0v) is 12.8. The molecular weight excluding hydrogens is 274 g/mol. The number of benzene rings is 1. The quantitative estimate of drug-likeness (QED) is 0.740. The van der Waals surface area contributed by atoms with Crippen LogP contribution in [0.15, 0.2) is 12.1 Å². The predicted molar refractivity (Wildman–Crippen MR) is 77.6 cm³/mol. The SMILES string of the molecule is CCOC(CN(C)Cc1ccc2c(c1O)OCO2)OCC. The Morgan fingerprint density at radius 3 is 2.62 bits per heavy atom. The molecule has 0 aromatic heterocycles. The first-order valence-electron chi connectivity index (χ1n) is 7.17. The minimum Gasteiger partial charge on any atom is -0.504 e. The third kappa shape index (κ3) is 4.00. The Morgan fingerprint density at radius 1 is 1.24 bits per heavy atom. The second-order valence-electron chi connectivity index (χ2n) is 4.84. The van der Waals surface area contributed by atoms with Crippen molar-refractivity contribution in [3.8, 4) is 17.2 Å². The fourth-order valence-corrected chi connectivity index (χ4v) is 2.26. The van der Waals surface area contributed by atoms with E-state index in [0.29, 0.717) is 37.8 Å². The molecule has 1 N–H and O–H groups in total. The number of nitrogens with zero attached hydrogens (tertiary/aromatic N) is 1. The molecule has 1 heterocycles. The second-order valence-corrected chi connectivity index (χ2v) is 4.84. The van der Waals surface area contributed by atoms with Crippen LogP contribution in [0.3, 0.4) is 0 Å². The third-order valence-corrected chi connectivity index (χ3v) is 3.20. The molecule has 2 rings (SSSR count). The summed E-state index contributed by atoms with van der Waals surface area (Å²) < 4.78 is 21.5. The van der Waals surface area contributed by atoms with E-state index < -0.39 is 0 Å². The molecule has 0 saturated heterocycles. The molecule has 0 atom stereocenters. The molecule has 1 aromatic rings. The molecule has 0 fully saturated rings. The van der Waals surface area contributed by atoms with Gasteiger partial charge in [-0.1, -0.05) is 6.07 Å². The zero-order chi connectivity index (χ0) is 15.2. The Balaban J connectivity index is 1.97. The fourth-order valence-electron chi connectivity index (χ4n) is 2.26. The lowest BCUT2D eigenvalue weighted by Crippen LogP contribution is -2.33. The summed E-state index contributed by atoms with van der Waals surface area (Å²) in [6.45, 7) is 6.43. The highest BCUT2D eigenvalue weighted by Crippen LogP contribution is 2.42. The molecule has 0 radical (unpaired) electrons. The van der Waals surface area contributed by atoms with Crippen LogP contribution in [-0.4, -0.2) is 49.9 Å².